The highest BCUT2D eigenvalue weighted by molar-refractivity contribution is 5.88. The van der Waals surface area contributed by atoms with Gasteiger partial charge in [-0.1, -0.05) is 17.7 Å². The predicted molar refractivity (Wildman–Crippen MR) is 79.7 cm³/mol. The van der Waals surface area contributed by atoms with E-state index in [1.165, 1.54) is 5.56 Å². The molecule has 0 atom stereocenters. The molecule has 1 aromatic rings. The number of primary amides is 1. The first-order valence-electron chi connectivity index (χ1n) is 5.98. The Morgan fingerprint density at radius 1 is 1.26 bits per heavy atom. The van der Waals surface area contributed by atoms with Crippen molar-refractivity contribution in [2.75, 3.05) is 18.4 Å². The van der Waals surface area contributed by atoms with Crippen molar-refractivity contribution >= 4 is 24.0 Å². The third-order valence-electron chi connectivity index (χ3n) is 3.36. The Hall–Kier alpha value is -1.30. The Balaban J connectivity index is 0.00000162. The summed E-state index contributed by atoms with van der Waals surface area (Å²) in [4.78, 5) is 11.7. The largest absolute Gasteiger partial charge is 0.412 e. The van der Waals surface area contributed by atoms with Crippen molar-refractivity contribution in [1.82, 2.24) is 5.32 Å². The van der Waals surface area contributed by atoms with E-state index in [0.29, 0.717) is 0 Å². The van der Waals surface area contributed by atoms with Crippen molar-refractivity contribution < 1.29 is 10.3 Å². The van der Waals surface area contributed by atoms with Gasteiger partial charge in [-0.15, -0.1) is 12.4 Å². The molecule has 1 heterocycles. The van der Waals surface area contributed by atoms with E-state index in [0.717, 1.165) is 31.6 Å². The Morgan fingerprint density at radius 2 is 1.79 bits per heavy atom. The average molecular weight is 288 g/mol. The molecule has 0 unspecified atom stereocenters. The maximum Gasteiger partial charge on any atom is 0.243 e. The van der Waals surface area contributed by atoms with Gasteiger partial charge in [-0.2, -0.15) is 0 Å². The molecule has 1 aromatic carbocycles. The van der Waals surface area contributed by atoms with E-state index in [-0.39, 0.29) is 23.8 Å². The third-order valence-corrected chi connectivity index (χ3v) is 3.36. The van der Waals surface area contributed by atoms with Gasteiger partial charge in [0.1, 0.15) is 5.54 Å². The second-order valence-electron chi connectivity index (χ2n) is 4.69. The van der Waals surface area contributed by atoms with E-state index >= 15 is 0 Å². The highest BCUT2D eigenvalue weighted by atomic mass is 35.5. The average Bonchev–Trinajstić information content (AvgIpc) is 2.33. The summed E-state index contributed by atoms with van der Waals surface area (Å²) in [6.07, 6.45) is 1.46. The van der Waals surface area contributed by atoms with Crippen LogP contribution >= 0.6 is 12.4 Å². The molecule has 0 spiro atoms. The van der Waals surface area contributed by atoms with Crippen LogP contribution < -0.4 is 16.4 Å². The second-order valence-corrected chi connectivity index (χ2v) is 4.69. The molecule has 2 rings (SSSR count). The highest BCUT2D eigenvalue weighted by Gasteiger charge is 2.37. The standard InChI is InChI=1S/C13H19N3O.ClH.H2O/c1-10-2-4-11(5-3-10)16-13(12(14)17)6-8-15-9-7-13;;/h2-5,15-16H,6-9H2,1H3,(H2,14,17);1H;1H2. The van der Waals surface area contributed by atoms with Gasteiger partial charge in [0.15, 0.2) is 0 Å². The fraction of sp³-hybridized carbons (Fsp3) is 0.462. The number of carbonyl (C=O) groups excluding carboxylic acids is 1. The summed E-state index contributed by atoms with van der Waals surface area (Å²) in [6, 6.07) is 8.03. The molecule has 6 N–H and O–H groups in total. The van der Waals surface area contributed by atoms with Crippen molar-refractivity contribution in [3.05, 3.63) is 29.8 Å². The normalized spacial score (nSPS) is 16.7. The fourth-order valence-electron chi connectivity index (χ4n) is 2.20. The minimum Gasteiger partial charge on any atom is -0.412 e. The van der Waals surface area contributed by atoms with Crippen LogP contribution in [-0.2, 0) is 4.79 Å². The maximum atomic E-state index is 11.7. The van der Waals surface area contributed by atoms with E-state index in [4.69, 9.17) is 5.73 Å². The summed E-state index contributed by atoms with van der Waals surface area (Å²) in [5, 5.41) is 6.55. The van der Waals surface area contributed by atoms with Crippen molar-refractivity contribution in [2.24, 2.45) is 5.73 Å². The number of anilines is 1. The topological polar surface area (TPSA) is 98.6 Å². The minimum atomic E-state index is -0.597. The van der Waals surface area contributed by atoms with Crippen molar-refractivity contribution in [2.45, 2.75) is 25.3 Å². The minimum absolute atomic E-state index is 0. The second kappa shape index (κ2) is 7.33. The molecule has 0 aromatic heterocycles. The van der Waals surface area contributed by atoms with Crippen molar-refractivity contribution in [3.63, 3.8) is 0 Å². The number of aryl methyl sites for hydroxylation is 1. The Labute approximate surface area is 119 Å². The first-order chi connectivity index (χ1) is 8.12. The molecule has 108 valence electrons. The first kappa shape index (κ1) is 17.7. The van der Waals surface area contributed by atoms with Crippen LogP contribution in [0.5, 0.6) is 0 Å². The van der Waals surface area contributed by atoms with Gasteiger partial charge in [0.25, 0.3) is 0 Å². The van der Waals surface area contributed by atoms with E-state index in [2.05, 4.69) is 10.6 Å². The number of nitrogens with two attached hydrogens (primary N) is 1. The van der Waals surface area contributed by atoms with Crippen LogP contribution in [0.1, 0.15) is 18.4 Å². The lowest BCUT2D eigenvalue weighted by Gasteiger charge is -2.36. The number of hydrogen-bond donors (Lipinski definition) is 3. The number of rotatable bonds is 3. The first-order valence-corrected chi connectivity index (χ1v) is 5.98. The van der Waals surface area contributed by atoms with Crippen LogP contribution in [0.3, 0.4) is 0 Å². The molecular formula is C13H22ClN3O2. The molecule has 1 aliphatic rings. The molecule has 6 heteroatoms. The molecule has 1 aliphatic heterocycles. The van der Waals surface area contributed by atoms with Gasteiger partial charge in [-0.05, 0) is 45.0 Å². The van der Waals surface area contributed by atoms with Crippen LogP contribution in [0.25, 0.3) is 0 Å². The summed E-state index contributed by atoms with van der Waals surface area (Å²) in [5.74, 6) is -0.264. The Kier molecular flexibility index (Phi) is 6.83. The van der Waals surface area contributed by atoms with Crippen molar-refractivity contribution in [1.29, 1.82) is 0 Å². The maximum absolute atomic E-state index is 11.7. The smallest absolute Gasteiger partial charge is 0.243 e. The molecule has 19 heavy (non-hydrogen) atoms. The molecule has 0 aliphatic carbocycles. The van der Waals surface area contributed by atoms with Crippen molar-refractivity contribution in [3.8, 4) is 0 Å². The van der Waals surface area contributed by atoms with Gasteiger partial charge in [-0.3, -0.25) is 4.79 Å². The zero-order valence-corrected chi connectivity index (χ0v) is 11.8. The van der Waals surface area contributed by atoms with Crippen LogP contribution in [0.2, 0.25) is 0 Å². The number of piperidine rings is 1. The SMILES string of the molecule is Cc1ccc(NC2(C(N)=O)CCNCC2)cc1.Cl.O. The molecule has 1 amide bonds. The van der Waals surface area contributed by atoms with Gasteiger partial charge in [0.2, 0.25) is 5.91 Å². The number of hydrogen-bond acceptors (Lipinski definition) is 3. The molecule has 1 fully saturated rings. The lowest BCUT2D eigenvalue weighted by atomic mass is 9.87. The summed E-state index contributed by atoms with van der Waals surface area (Å²) < 4.78 is 0. The molecule has 1 saturated heterocycles. The molecular weight excluding hydrogens is 266 g/mol. The number of benzene rings is 1. The van der Waals surface area contributed by atoms with Gasteiger partial charge in [0.05, 0.1) is 0 Å². The Morgan fingerprint density at radius 3 is 2.26 bits per heavy atom. The van der Waals surface area contributed by atoms with Gasteiger partial charge >= 0.3 is 0 Å². The van der Waals surface area contributed by atoms with E-state index < -0.39 is 5.54 Å². The summed E-state index contributed by atoms with van der Waals surface area (Å²) in [7, 11) is 0. The van der Waals surface area contributed by atoms with E-state index in [9.17, 15) is 4.79 Å². The third kappa shape index (κ3) is 4.09. The number of carbonyl (C=O) groups is 1. The fourth-order valence-corrected chi connectivity index (χ4v) is 2.20. The van der Waals surface area contributed by atoms with Crippen LogP contribution in [0.15, 0.2) is 24.3 Å². The monoisotopic (exact) mass is 287 g/mol. The van der Waals surface area contributed by atoms with E-state index in [1.54, 1.807) is 0 Å². The summed E-state index contributed by atoms with van der Waals surface area (Å²) in [6.45, 7) is 3.68. The summed E-state index contributed by atoms with van der Waals surface area (Å²) in [5.41, 5.74) is 7.11. The Bertz CT molecular complexity index is 403. The van der Waals surface area contributed by atoms with Crippen LogP contribution in [0, 0.1) is 6.92 Å². The molecule has 0 bridgehead atoms. The number of nitrogens with one attached hydrogen (secondary N) is 2. The van der Waals surface area contributed by atoms with Gasteiger partial charge in [0, 0.05) is 5.69 Å². The van der Waals surface area contributed by atoms with E-state index in [1.807, 2.05) is 31.2 Å². The predicted octanol–water partition coefficient (Wildman–Crippen LogP) is 0.612. The van der Waals surface area contributed by atoms with Gasteiger partial charge < -0.3 is 21.8 Å². The zero-order chi connectivity index (χ0) is 12.3. The highest BCUT2D eigenvalue weighted by Crippen LogP contribution is 2.24. The lowest BCUT2D eigenvalue weighted by Crippen LogP contribution is -2.56. The lowest BCUT2D eigenvalue weighted by molar-refractivity contribution is -0.123. The van der Waals surface area contributed by atoms with Crippen LogP contribution in [-0.4, -0.2) is 30.0 Å². The zero-order valence-electron chi connectivity index (χ0n) is 11.0. The van der Waals surface area contributed by atoms with Gasteiger partial charge in [-0.25, -0.2) is 0 Å². The van der Waals surface area contributed by atoms with Crippen LogP contribution in [0.4, 0.5) is 5.69 Å². The quantitative estimate of drug-likeness (QED) is 0.759. The molecule has 5 nitrogen and oxygen atoms in total. The molecule has 0 saturated carbocycles. The number of halogens is 1. The summed E-state index contributed by atoms with van der Waals surface area (Å²) >= 11 is 0. The number of amides is 1. The molecule has 0 radical (unpaired) electrons.